The van der Waals surface area contributed by atoms with Crippen LogP contribution in [0.1, 0.15) is 24.1 Å². The molecule has 4 heteroatoms. The first-order valence-electron chi connectivity index (χ1n) is 6.27. The minimum Gasteiger partial charge on any atom is -0.310 e. The van der Waals surface area contributed by atoms with E-state index in [1.54, 1.807) is 0 Å². The summed E-state index contributed by atoms with van der Waals surface area (Å²) >= 11 is 3.53. The Labute approximate surface area is 115 Å². The summed E-state index contributed by atoms with van der Waals surface area (Å²) < 4.78 is 3.03. The third-order valence-electron chi connectivity index (χ3n) is 3.18. The van der Waals surface area contributed by atoms with Crippen LogP contribution in [0.4, 0.5) is 0 Å². The third-order valence-corrected chi connectivity index (χ3v) is 3.67. The molecule has 0 atom stereocenters. The summed E-state index contributed by atoms with van der Waals surface area (Å²) in [4.78, 5) is 0. The van der Waals surface area contributed by atoms with Crippen LogP contribution in [0.2, 0.25) is 0 Å². The maximum atomic E-state index is 4.49. The van der Waals surface area contributed by atoms with E-state index in [9.17, 15) is 0 Å². The van der Waals surface area contributed by atoms with Crippen molar-refractivity contribution in [2.24, 2.45) is 0 Å². The lowest BCUT2D eigenvalue weighted by Crippen LogP contribution is -2.17. The lowest BCUT2D eigenvalue weighted by molar-refractivity contribution is 0.680. The van der Waals surface area contributed by atoms with Gasteiger partial charge in [-0.2, -0.15) is 5.10 Å². The molecule has 18 heavy (non-hydrogen) atoms. The summed E-state index contributed by atoms with van der Waals surface area (Å²) in [5, 5.41) is 8.05. The summed E-state index contributed by atoms with van der Waals surface area (Å²) in [7, 11) is 0. The molecule has 0 bridgehead atoms. The van der Waals surface area contributed by atoms with Gasteiger partial charge in [0.25, 0.3) is 0 Å². The van der Waals surface area contributed by atoms with Gasteiger partial charge in [0, 0.05) is 23.3 Å². The third kappa shape index (κ3) is 2.65. The van der Waals surface area contributed by atoms with Gasteiger partial charge in [-0.05, 0) is 43.5 Å². The molecule has 3 rings (SSSR count). The highest BCUT2D eigenvalue weighted by Crippen LogP contribution is 2.23. The first-order valence-corrected chi connectivity index (χ1v) is 7.06. The molecule has 1 heterocycles. The van der Waals surface area contributed by atoms with E-state index in [0.29, 0.717) is 0 Å². The quantitative estimate of drug-likeness (QED) is 0.940. The molecular formula is C14H16BrN3. The Kier molecular flexibility index (Phi) is 3.22. The van der Waals surface area contributed by atoms with Gasteiger partial charge >= 0.3 is 0 Å². The van der Waals surface area contributed by atoms with E-state index in [0.717, 1.165) is 28.4 Å². The molecule has 2 aromatic rings. The van der Waals surface area contributed by atoms with E-state index >= 15 is 0 Å². The van der Waals surface area contributed by atoms with Crippen LogP contribution in [0.25, 0.3) is 5.69 Å². The van der Waals surface area contributed by atoms with Gasteiger partial charge in [0.1, 0.15) is 0 Å². The zero-order valence-electron chi connectivity index (χ0n) is 10.4. The van der Waals surface area contributed by atoms with Crippen LogP contribution in [0.3, 0.4) is 0 Å². The Morgan fingerprint density at radius 2 is 2.22 bits per heavy atom. The zero-order valence-corrected chi connectivity index (χ0v) is 11.9. The SMILES string of the molecule is Cc1ccn(-c2cc(Br)ccc2CNC2CC2)n1. The molecular weight excluding hydrogens is 290 g/mol. The highest BCUT2D eigenvalue weighted by Gasteiger charge is 2.20. The monoisotopic (exact) mass is 305 g/mol. The fourth-order valence-electron chi connectivity index (χ4n) is 1.99. The van der Waals surface area contributed by atoms with E-state index < -0.39 is 0 Å². The summed E-state index contributed by atoms with van der Waals surface area (Å²) in [6.45, 7) is 2.92. The molecule has 0 unspecified atom stereocenters. The molecule has 0 aliphatic heterocycles. The second-order valence-corrected chi connectivity index (χ2v) is 5.75. The van der Waals surface area contributed by atoms with Crippen molar-refractivity contribution in [1.29, 1.82) is 0 Å². The summed E-state index contributed by atoms with van der Waals surface area (Å²) in [5.41, 5.74) is 3.47. The molecule has 1 aromatic carbocycles. The maximum absolute atomic E-state index is 4.49. The minimum atomic E-state index is 0.723. The zero-order chi connectivity index (χ0) is 12.5. The van der Waals surface area contributed by atoms with Crippen molar-refractivity contribution < 1.29 is 0 Å². The van der Waals surface area contributed by atoms with E-state index in [2.05, 4.69) is 44.5 Å². The van der Waals surface area contributed by atoms with Gasteiger partial charge in [0.2, 0.25) is 0 Å². The van der Waals surface area contributed by atoms with Gasteiger partial charge in [-0.15, -0.1) is 0 Å². The second kappa shape index (κ2) is 4.86. The lowest BCUT2D eigenvalue weighted by Gasteiger charge is -2.11. The number of halogens is 1. The molecule has 1 saturated carbocycles. The molecule has 1 aliphatic carbocycles. The van der Waals surface area contributed by atoms with Crippen LogP contribution < -0.4 is 5.32 Å². The van der Waals surface area contributed by atoms with Crippen LogP contribution in [0.15, 0.2) is 34.9 Å². The predicted octanol–water partition coefficient (Wildman–Crippen LogP) is 3.20. The number of nitrogens with one attached hydrogen (secondary N) is 1. The Balaban J connectivity index is 1.91. The van der Waals surface area contributed by atoms with E-state index in [4.69, 9.17) is 0 Å². The van der Waals surface area contributed by atoms with Crippen LogP contribution in [0.5, 0.6) is 0 Å². The Bertz CT molecular complexity index is 558. The number of aryl methyl sites for hydroxylation is 1. The normalized spacial score (nSPS) is 15.0. The van der Waals surface area contributed by atoms with Crippen molar-refractivity contribution in [3.63, 3.8) is 0 Å². The van der Waals surface area contributed by atoms with Crippen molar-refractivity contribution >= 4 is 15.9 Å². The molecule has 1 N–H and O–H groups in total. The standard InChI is InChI=1S/C14H16BrN3/c1-10-6-7-18(17-10)14-8-12(15)3-2-11(14)9-16-13-4-5-13/h2-3,6-8,13,16H,4-5,9H2,1H3. The van der Waals surface area contributed by atoms with Gasteiger partial charge in [0.15, 0.2) is 0 Å². The van der Waals surface area contributed by atoms with Gasteiger partial charge in [0.05, 0.1) is 11.4 Å². The number of hydrogen-bond donors (Lipinski definition) is 1. The smallest absolute Gasteiger partial charge is 0.0701 e. The van der Waals surface area contributed by atoms with Crippen LogP contribution in [-0.2, 0) is 6.54 Å². The molecule has 3 nitrogen and oxygen atoms in total. The minimum absolute atomic E-state index is 0.723. The largest absolute Gasteiger partial charge is 0.310 e. The second-order valence-electron chi connectivity index (χ2n) is 4.83. The van der Waals surface area contributed by atoms with Crippen molar-refractivity contribution in [3.8, 4) is 5.69 Å². The number of aromatic nitrogens is 2. The van der Waals surface area contributed by atoms with Gasteiger partial charge in [-0.25, -0.2) is 4.68 Å². The van der Waals surface area contributed by atoms with Gasteiger partial charge < -0.3 is 5.32 Å². The molecule has 0 spiro atoms. The Morgan fingerprint density at radius 1 is 1.39 bits per heavy atom. The number of rotatable bonds is 4. The fourth-order valence-corrected chi connectivity index (χ4v) is 2.34. The van der Waals surface area contributed by atoms with Crippen molar-refractivity contribution in [3.05, 3.63) is 46.2 Å². The molecule has 0 saturated heterocycles. The lowest BCUT2D eigenvalue weighted by atomic mass is 10.2. The summed E-state index contributed by atoms with van der Waals surface area (Å²) in [6, 6.07) is 9.12. The molecule has 1 aliphatic rings. The molecule has 0 amide bonds. The predicted molar refractivity (Wildman–Crippen MR) is 75.9 cm³/mol. The summed E-state index contributed by atoms with van der Waals surface area (Å²) in [5.74, 6) is 0. The molecule has 1 aromatic heterocycles. The van der Waals surface area contributed by atoms with Crippen LogP contribution in [0, 0.1) is 6.92 Å². The summed E-state index contributed by atoms with van der Waals surface area (Å²) in [6.07, 6.45) is 4.64. The average molecular weight is 306 g/mol. The molecule has 0 radical (unpaired) electrons. The van der Waals surface area contributed by atoms with E-state index in [1.165, 1.54) is 18.4 Å². The molecule has 94 valence electrons. The topological polar surface area (TPSA) is 29.9 Å². The maximum Gasteiger partial charge on any atom is 0.0701 e. The van der Waals surface area contributed by atoms with Crippen molar-refractivity contribution in [2.45, 2.75) is 32.4 Å². The average Bonchev–Trinajstić information content (AvgIpc) is 3.09. The number of hydrogen-bond acceptors (Lipinski definition) is 2. The van der Waals surface area contributed by atoms with Crippen LogP contribution in [-0.4, -0.2) is 15.8 Å². The Hall–Kier alpha value is -1.13. The molecule has 1 fully saturated rings. The number of nitrogens with zero attached hydrogens (tertiary/aromatic N) is 2. The van der Waals surface area contributed by atoms with E-state index in [1.807, 2.05) is 23.9 Å². The van der Waals surface area contributed by atoms with Crippen molar-refractivity contribution in [1.82, 2.24) is 15.1 Å². The van der Waals surface area contributed by atoms with Gasteiger partial charge in [-0.1, -0.05) is 22.0 Å². The fraction of sp³-hybridized carbons (Fsp3) is 0.357. The Morgan fingerprint density at radius 3 is 2.89 bits per heavy atom. The van der Waals surface area contributed by atoms with Crippen molar-refractivity contribution in [2.75, 3.05) is 0 Å². The van der Waals surface area contributed by atoms with E-state index in [-0.39, 0.29) is 0 Å². The highest BCUT2D eigenvalue weighted by molar-refractivity contribution is 9.10. The number of benzene rings is 1. The van der Waals surface area contributed by atoms with Crippen LogP contribution >= 0.6 is 15.9 Å². The first kappa shape index (κ1) is 11.9. The highest BCUT2D eigenvalue weighted by atomic mass is 79.9. The first-order chi connectivity index (χ1) is 8.72. The van der Waals surface area contributed by atoms with Gasteiger partial charge in [-0.3, -0.25) is 0 Å².